The maximum Gasteiger partial charge on any atom is 0.124 e. The van der Waals surface area contributed by atoms with E-state index in [1.807, 2.05) is 25.1 Å². The van der Waals surface area contributed by atoms with Crippen LogP contribution in [-0.4, -0.2) is 4.98 Å². The lowest BCUT2D eigenvalue weighted by Crippen LogP contribution is -2.04. The second-order valence-electron chi connectivity index (χ2n) is 3.92. The van der Waals surface area contributed by atoms with Gasteiger partial charge in [-0.25, -0.2) is 4.39 Å². The molecule has 0 atom stereocenters. The van der Waals surface area contributed by atoms with Gasteiger partial charge in [0.2, 0.25) is 0 Å². The number of benzene rings is 1. The molecule has 3 nitrogen and oxygen atoms in total. The number of halogens is 1. The van der Waals surface area contributed by atoms with Gasteiger partial charge in [-0.1, -0.05) is 6.07 Å². The maximum absolute atomic E-state index is 13.0. The second kappa shape index (κ2) is 5.28. The smallest absolute Gasteiger partial charge is 0.124 e. The van der Waals surface area contributed by atoms with E-state index < -0.39 is 5.82 Å². The molecule has 0 aliphatic rings. The van der Waals surface area contributed by atoms with Crippen molar-refractivity contribution in [2.24, 2.45) is 0 Å². The summed E-state index contributed by atoms with van der Waals surface area (Å²) in [5.74, 6) is -0.411. The Kier molecular flexibility index (Phi) is 3.54. The number of nitrogens with one attached hydrogen (secondary N) is 1. The standard InChI is InChI=1S/C14H12FN3/c1-10-3-2-6-17-14(10)9-18-13-5-4-12(15)7-11(13)8-16/h2-7,18H,9H2,1H3. The number of nitrogens with zero attached hydrogens (tertiary/aromatic N) is 2. The monoisotopic (exact) mass is 241 g/mol. The van der Waals surface area contributed by atoms with Crippen molar-refractivity contribution in [1.29, 1.82) is 5.26 Å². The van der Waals surface area contributed by atoms with E-state index in [0.717, 1.165) is 11.3 Å². The van der Waals surface area contributed by atoms with Crippen molar-refractivity contribution in [1.82, 2.24) is 4.98 Å². The largest absolute Gasteiger partial charge is 0.378 e. The van der Waals surface area contributed by atoms with Crippen LogP contribution >= 0.6 is 0 Å². The summed E-state index contributed by atoms with van der Waals surface area (Å²) in [5, 5.41) is 12.0. The van der Waals surface area contributed by atoms with E-state index in [2.05, 4.69) is 10.3 Å². The van der Waals surface area contributed by atoms with E-state index in [0.29, 0.717) is 17.8 Å². The van der Waals surface area contributed by atoms with Crippen LogP contribution in [0.25, 0.3) is 0 Å². The first-order chi connectivity index (χ1) is 8.70. The average Bonchev–Trinajstić information content (AvgIpc) is 2.39. The second-order valence-corrected chi connectivity index (χ2v) is 3.92. The van der Waals surface area contributed by atoms with Gasteiger partial charge in [0.1, 0.15) is 11.9 Å². The molecule has 1 aromatic heterocycles. The highest BCUT2D eigenvalue weighted by Gasteiger charge is 2.04. The Morgan fingerprint density at radius 3 is 2.94 bits per heavy atom. The molecule has 1 heterocycles. The third-order valence-corrected chi connectivity index (χ3v) is 2.67. The lowest BCUT2D eigenvalue weighted by Gasteiger charge is -2.09. The van der Waals surface area contributed by atoms with E-state index >= 15 is 0 Å². The minimum Gasteiger partial charge on any atom is -0.378 e. The lowest BCUT2D eigenvalue weighted by atomic mass is 10.1. The molecule has 0 aliphatic heterocycles. The van der Waals surface area contributed by atoms with Gasteiger partial charge in [-0.2, -0.15) is 5.26 Å². The summed E-state index contributed by atoms with van der Waals surface area (Å²) in [4.78, 5) is 4.25. The Balaban J connectivity index is 2.16. The molecule has 0 fully saturated rings. The number of hydrogen-bond acceptors (Lipinski definition) is 3. The Bertz CT molecular complexity index is 602. The summed E-state index contributed by atoms with van der Waals surface area (Å²) in [6.45, 7) is 2.48. The topological polar surface area (TPSA) is 48.7 Å². The lowest BCUT2D eigenvalue weighted by molar-refractivity contribution is 0.627. The molecular weight excluding hydrogens is 229 g/mol. The Hall–Kier alpha value is -2.41. The average molecular weight is 241 g/mol. The van der Waals surface area contributed by atoms with Crippen molar-refractivity contribution in [3.8, 4) is 6.07 Å². The zero-order valence-corrected chi connectivity index (χ0v) is 9.94. The molecule has 0 bridgehead atoms. The maximum atomic E-state index is 13.0. The Labute approximate surface area is 105 Å². The molecule has 1 N–H and O–H groups in total. The highest BCUT2D eigenvalue weighted by atomic mass is 19.1. The zero-order chi connectivity index (χ0) is 13.0. The number of rotatable bonds is 3. The van der Waals surface area contributed by atoms with E-state index in [9.17, 15) is 4.39 Å². The number of pyridine rings is 1. The number of hydrogen-bond donors (Lipinski definition) is 1. The van der Waals surface area contributed by atoms with E-state index in [-0.39, 0.29) is 0 Å². The van der Waals surface area contributed by atoms with Crippen LogP contribution in [0, 0.1) is 24.1 Å². The van der Waals surface area contributed by atoms with Crippen LogP contribution in [0.1, 0.15) is 16.8 Å². The Morgan fingerprint density at radius 2 is 2.22 bits per heavy atom. The van der Waals surface area contributed by atoms with Crippen molar-refractivity contribution in [2.45, 2.75) is 13.5 Å². The van der Waals surface area contributed by atoms with Gasteiger partial charge < -0.3 is 5.32 Å². The summed E-state index contributed by atoms with van der Waals surface area (Å²) >= 11 is 0. The summed E-state index contributed by atoms with van der Waals surface area (Å²) in [6.07, 6.45) is 1.72. The van der Waals surface area contributed by atoms with Gasteiger partial charge in [-0.15, -0.1) is 0 Å². The van der Waals surface area contributed by atoms with Gasteiger partial charge in [0.25, 0.3) is 0 Å². The van der Waals surface area contributed by atoms with Crippen molar-refractivity contribution in [3.05, 3.63) is 59.2 Å². The van der Waals surface area contributed by atoms with Crippen LogP contribution in [0.5, 0.6) is 0 Å². The van der Waals surface area contributed by atoms with E-state index in [4.69, 9.17) is 5.26 Å². The predicted octanol–water partition coefficient (Wildman–Crippen LogP) is 3.01. The fourth-order valence-electron chi connectivity index (χ4n) is 1.65. The molecule has 0 radical (unpaired) electrons. The predicted molar refractivity (Wildman–Crippen MR) is 67.4 cm³/mol. The molecule has 1 aromatic carbocycles. The molecule has 90 valence electrons. The van der Waals surface area contributed by atoms with Crippen LogP contribution in [0.2, 0.25) is 0 Å². The molecule has 0 amide bonds. The third kappa shape index (κ3) is 2.64. The first kappa shape index (κ1) is 12.1. The van der Waals surface area contributed by atoms with Gasteiger partial charge in [0.05, 0.1) is 23.5 Å². The zero-order valence-electron chi connectivity index (χ0n) is 9.94. The van der Waals surface area contributed by atoms with Gasteiger partial charge in [0, 0.05) is 6.20 Å². The summed E-state index contributed by atoms with van der Waals surface area (Å²) < 4.78 is 13.0. The van der Waals surface area contributed by atoms with Gasteiger partial charge in [-0.3, -0.25) is 4.98 Å². The van der Waals surface area contributed by atoms with Gasteiger partial charge >= 0.3 is 0 Å². The van der Waals surface area contributed by atoms with Crippen molar-refractivity contribution in [2.75, 3.05) is 5.32 Å². The molecule has 0 aliphatic carbocycles. The minimum atomic E-state index is -0.411. The van der Waals surface area contributed by atoms with Crippen LogP contribution < -0.4 is 5.32 Å². The van der Waals surface area contributed by atoms with Crippen molar-refractivity contribution >= 4 is 5.69 Å². The molecule has 2 rings (SSSR count). The number of anilines is 1. The summed E-state index contributed by atoms with van der Waals surface area (Å²) in [7, 11) is 0. The molecule has 0 saturated heterocycles. The normalized spacial score (nSPS) is 9.83. The first-order valence-corrected chi connectivity index (χ1v) is 5.54. The molecule has 0 unspecified atom stereocenters. The fraction of sp³-hybridized carbons (Fsp3) is 0.143. The molecule has 4 heteroatoms. The SMILES string of the molecule is Cc1cccnc1CNc1ccc(F)cc1C#N. The third-order valence-electron chi connectivity index (χ3n) is 2.67. The van der Waals surface area contributed by atoms with Crippen molar-refractivity contribution in [3.63, 3.8) is 0 Å². The number of aryl methyl sites for hydroxylation is 1. The van der Waals surface area contributed by atoms with Crippen LogP contribution in [0.3, 0.4) is 0 Å². The van der Waals surface area contributed by atoms with Gasteiger partial charge in [-0.05, 0) is 36.8 Å². The summed E-state index contributed by atoms with van der Waals surface area (Å²) in [5.41, 5.74) is 2.89. The van der Waals surface area contributed by atoms with Gasteiger partial charge in [0.15, 0.2) is 0 Å². The quantitative estimate of drug-likeness (QED) is 0.898. The summed E-state index contributed by atoms with van der Waals surface area (Å²) in [6, 6.07) is 9.91. The van der Waals surface area contributed by atoms with Crippen LogP contribution in [-0.2, 0) is 6.54 Å². The fourth-order valence-corrected chi connectivity index (χ4v) is 1.65. The number of nitriles is 1. The first-order valence-electron chi connectivity index (χ1n) is 5.54. The Morgan fingerprint density at radius 1 is 1.39 bits per heavy atom. The molecule has 2 aromatic rings. The minimum absolute atomic E-state index is 0.295. The van der Waals surface area contributed by atoms with Crippen LogP contribution in [0.15, 0.2) is 36.5 Å². The van der Waals surface area contributed by atoms with Crippen LogP contribution in [0.4, 0.5) is 10.1 Å². The number of aromatic nitrogens is 1. The molecule has 0 spiro atoms. The molecular formula is C14H12FN3. The highest BCUT2D eigenvalue weighted by molar-refractivity contribution is 5.57. The van der Waals surface area contributed by atoms with E-state index in [1.54, 1.807) is 12.3 Å². The molecule has 18 heavy (non-hydrogen) atoms. The van der Waals surface area contributed by atoms with E-state index in [1.165, 1.54) is 12.1 Å². The highest BCUT2D eigenvalue weighted by Crippen LogP contribution is 2.17. The molecule has 0 saturated carbocycles. The van der Waals surface area contributed by atoms with Crippen molar-refractivity contribution < 1.29 is 4.39 Å².